The van der Waals surface area contributed by atoms with Crippen molar-refractivity contribution in [3.8, 4) is 11.4 Å². The summed E-state index contributed by atoms with van der Waals surface area (Å²) in [6.45, 7) is 0. The van der Waals surface area contributed by atoms with Gasteiger partial charge in [0.1, 0.15) is 16.2 Å². The Morgan fingerprint density at radius 1 is 0.933 bits per heavy atom. The maximum absolute atomic E-state index is 13.7. The van der Waals surface area contributed by atoms with E-state index < -0.39 is 11.6 Å². The molecule has 0 saturated heterocycles. The van der Waals surface area contributed by atoms with Crippen LogP contribution < -0.4 is 0 Å². The third-order valence-corrected chi connectivity index (χ3v) is 5.76. The zero-order valence-electron chi connectivity index (χ0n) is 15.6. The van der Waals surface area contributed by atoms with Crippen LogP contribution in [0.5, 0.6) is 0 Å². The lowest BCUT2D eigenvalue weighted by molar-refractivity contribution is 0.509. The van der Waals surface area contributed by atoms with Gasteiger partial charge in [0.2, 0.25) is 0 Å². The van der Waals surface area contributed by atoms with E-state index in [-0.39, 0.29) is 5.82 Å². The summed E-state index contributed by atoms with van der Waals surface area (Å²) in [5.41, 5.74) is 5.52. The van der Waals surface area contributed by atoms with Crippen molar-refractivity contribution in [1.82, 2.24) is 19.9 Å². The number of benzene rings is 2. The van der Waals surface area contributed by atoms with E-state index in [0.29, 0.717) is 22.6 Å². The first-order valence-electron chi connectivity index (χ1n) is 9.39. The topological polar surface area (TPSA) is 54.5 Å². The fourth-order valence-corrected chi connectivity index (χ4v) is 4.24. The molecule has 0 aliphatic rings. The monoisotopic (exact) mass is 424 g/mol. The van der Waals surface area contributed by atoms with E-state index in [2.05, 4.69) is 19.9 Å². The van der Waals surface area contributed by atoms with Crippen molar-refractivity contribution in [3.63, 3.8) is 0 Å². The molecule has 30 heavy (non-hydrogen) atoms. The summed E-state index contributed by atoms with van der Waals surface area (Å²) in [6.07, 6.45) is 4.03. The highest BCUT2D eigenvalue weighted by Crippen LogP contribution is 2.26. The fraction of sp³-hybridized carbons (Fsp3) is 0.136. The normalized spacial score (nSPS) is 11.6. The molecule has 5 aromatic rings. The van der Waals surface area contributed by atoms with Crippen molar-refractivity contribution in [2.45, 2.75) is 19.3 Å². The molecule has 5 rings (SSSR count). The quantitative estimate of drug-likeness (QED) is 0.386. The Labute approximate surface area is 173 Å². The van der Waals surface area contributed by atoms with Crippen molar-refractivity contribution < 1.29 is 13.2 Å². The number of hydrogen-bond acceptors (Lipinski definition) is 4. The minimum atomic E-state index is -0.936. The summed E-state index contributed by atoms with van der Waals surface area (Å²) >= 11 is 1.38. The average molecular weight is 424 g/mol. The van der Waals surface area contributed by atoms with Gasteiger partial charge in [0.15, 0.2) is 17.5 Å². The third kappa shape index (κ3) is 3.43. The van der Waals surface area contributed by atoms with Crippen LogP contribution in [-0.4, -0.2) is 19.9 Å². The molecule has 8 heteroatoms. The van der Waals surface area contributed by atoms with Gasteiger partial charge in [-0.05, 0) is 61.2 Å². The molecule has 4 nitrogen and oxygen atoms in total. The van der Waals surface area contributed by atoms with Gasteiger partial charge in [0, 0.05) is 22.7 Å². The lowest BCUT2D eigenvalue weighted by Crippen LogP contribution is -1.99. The standard InChI is InChI=1S/C22H15F3N4S/c23-14-5-7-18-15(9-14)13(10-26-18)2-1-3-19-20-22(30-11-27-20)29-21(28-19)12-4-6-16(24)17(25)8-12/h4-11,26H,1-3H2. The minimum Gasteiger partial charge on any atom is -0.361 e. The first kappa shape index (κ1) is 18.7. The second-order valence-electron chi connectivity index (χ2n) is 6.99. The van der Waals surface area contributed by atoms with Crippen LogP contribution in [0.2, 0.25) is 0 Å². The summed E-state index contributed by atoms with van der Waals surface area (Å²) in [6, 6.07) is 8.33. The Balaban J connectivity index is 1.42. The first-order valence-corrected chi connectivity index (χ1v) is 10.3. The molecule has 0 aliphatic heterocycles. The summed E-state index contributed by atoms with van der Waals surface area (Å²) < 4.78 is 40.5. The van der Waals surface area contributed by atoms with E-state index in [1.807, 2.05) is 6.20 Å². The fourth-order valence-electron chi connectivity index (χ4n) is 3.56. The van der Waals surface area contributed by atoms with Crippen LogP contribution in [0.15, 0.2) is 48.1 Å². The van der Waals surface area contributed by atoms with Crippen molar-refractivity contribution in [1.29, 1.82) is 0 Å². The number of aromatic amines is 1. The van der Waals surface area contributed by atoms with Crippen LogP contribution in [0.3, 0.4) is 0 Å². The number of aromatic nitrogens is 4. The van der Waals surface area contributed by atoms with Crippen LogP contribution >= 0.6 is 11.3 Å². The van der Waals surface area contributed by atoms with Crippen molar-refractivity contribution in [2.75, 3.05) is 0 Å². The summed E-state index contributed by atoms with van der Waals surface area (Å²) in [5, 5.41) is 0.874. The van der Waals surface area contributed by atoms with Crippen molar-refractivity contribution >= 4 is 32.6 Å². The molecule has 150 valence electrons. The van der Waals surface area contributed by atoms with Gasteiger partial charge in [0.25, 0.3) is 0 Å². The van der Waals surface area contributed by atoms with Gasteiger partial charge in [-0.15, -0.1) is 11.3 Å². The predicted molar refractivity (Wildman–Crippen MR) is 111 cm³/mol. The van der Waals surface area contributed by atoms with Crippen LogP contribution in [-0.2, 0) is 12.8 Å². The van der Waals surface area contributed by atoms with Gasteiger partial charge in [-0.1, -0.05) is 0 Å². The number of rotatable bonds is 5. The van der Waals surface area contributed by atoms with Crippen molar-refractivity contribution in [2.24, 2.45) is 0 Å². The van der Waals surface area contributed by atoms with E-state index >= 15 is 0 Å². The number of fused-ring (bicyclic) bond motifs is 2. The molecule has 3 heterocycles. The summed E-state index contributed by atoms with van der Waals surface area (Å²) in [5.74, 6) is -1.77. The molecule has 1 N–H and O–H groups in total. The van der Waals surface area contributed by atoms with E-state index in [9.17, 15) is 13.2 Å². The Kier molecular flexibility index (Phi) is 4.71. The summed E-state index contributed by atoms with van der Waals surface area (Å²) in [4.78, 5) is 17.3. The molecule has 0 atom stereocenters. The first-order chi connectivity index (χ1) is 14.6. The Hall–Kier alpha value is -3.26. The van der Waals surface area contributed by atoms with Gasteiger partial charge in [-0.3, -0.25) is 0 Å². The maximum Gasteiger partial charge on any atom is 0.161 e. The molecule has 0 aliphatic carbocycles. The van der Waals surface area contributed by atoms with E-state index in [1.165, 1.54) is 29.5 Å². The smallest absolute Gasteiger partial charge is 0.161 e. The number of aryl methyl sites for hydroxylation is 2. The lowest BCUT2D eigenvalue weighted by Gasteiger charge is -2.06. The molecule has 0 saturated carbocycles. The molecule has 0 amide bonds. The molecule has 0 radical (unpaired) electrons. The molecule has 0 bridgehead atoms. The second kappa shape index (κ2) is 7.53. The van der Waals surface area contributed by atoms with Gasteiger partial charge in [0.05, 0.1) is 11.2 Å². The summed E-state index contributed by atoms with van der Waals surface area (Å²) in [7, 11) is 0. The highest BCUT2D eigenvalue weighted by Gasteiger charge is 2.14. The van der Waals surface area contributed by atoms with Crippen LogP contribution in [0.1, 0.15) is 17.7 Å². The zero-order valence-corrected chi connectivity index (χ0v) is 16.4. The van der Waals surface area contributed by atoms with Gasteiger partial charge < -0.3 is 4.98 Å². The molecule has 0 spiro atoms. The molecular formula is C22H15F3N4S. The number of nitrogens with one attached hydrogen (secondary N) is 1. The number of thiazole rings is 1. The van der Waals surface area contributed by atoms with Crippen LogP contribution in [0.4, 0.5) is 13.2 Å². The van der Waals surface area contributed by atoms with Crippen LogP contribution in [0, 0.1) is 17.5 Å². The number of nitrogens with zero attached hydrogens (tertiary/aromatic N) is 3. The van der Waals surface area contributed by atoms with E-state index in [0.717, 1.165) is 52.7 Å². The largest absolute Gasteiger partial charge is 0.361 e. The highest BCUT2D eigenvalue weighted by atomic mass is 32.1. The second-order valence-corrected chi connectivity index (χ2v) is 7.82. The SMILES string of the molecule is Fc1ccc2[nH]cc(CCCc3nc(-c4ccc(F)c(F)c4)nc4scnc34)c2c1. The maximum atomic E-state index is 13.7. The predicted octanol–water partition coefficient (Wildman–Crippen LogP) is 5.83. The number of H-pyrrole nitrogens is 1. The molecular weight excluding hydrogens is 409 g/mol. The lowest BCUT2D eigenvalue weighted by atomic mass is 10.1. The van der Waals surface area contributed by atoms with E-state index in [1.54, 1.807) is 11.6 Å². The Bertz CT molecular complexity index is 1380. The zero-order chi connectivity index (χ0) is 20.7. The Morgan fingerprint density at radius 2 is 1.83 bits per heavy atom. The van der Waals surface area contributed by atoms with Crippen LogP contribution in [0.25, 0.3) is 32.6 Å². The van der Waals surface area contributed by atoms with Gasteiger partial charge >= 0.3 is 0 Å². The molecule has 0 fully saturated rings. The average Bonchev–Trinajstić information content (AvgIpc) is 3.37. The van der Waals surface area contributed by atoms with Crippen molar-refractivity contribution in [3.05, 3.63) is 76.8 Å². The minimum absolute atomic E-state index is 0.264. The molecule has 0 unspecified atom stereocenters. The third-order valence-electron chi connectivity index (χ3n) is 5.04. The molecule has 2 aromatic carbocycles. The van der Waals surface area contributed by atoms with Gasteiger partial charge in [-0.25, -0.2) is 28.1 Å². The molecule has 3 aromatic heterocycles. The number of hydrogen-bond donors (Lipinski definition) is 1. The van der Waals surface area contributed by atoms with Gasteiger partial charge in [-0.2, -0.15) is 0 Å². The number of halogens is 3. The van der Waals surface area contributed by atoms with E-state index in [4.69, 9.17) is 0 Å². The highest BCUT2D eigenvalue weighted by molar-refractivity contribution is 7.16. The Morgan fingerprint density at radius 3 is 2.70 bits per heavy atom.